The predicted molar refractivity (Wildman–Crippen MR) is 119 cm³/mol. The van der Waals surface area contributed by atoms with Crippen molar-refractivity contribution in [3.63, 3.8) is 0 Å². The van der Waals surface area contributed by atoms with Gasteiger partial charge in [0.2, 0.25) is 0 Å². The minimum absolute atomic E-state index is 0.00973. The molecule has 0 atom stereocenters. The zero-order valence-electron chi connectivity index (χ0n) is 17.1. The summed E-state index contributed by atoms with van der Waals surface area (Å²) in [6, 6.07) is 10.9. The van der Waals surface area contributed by atoms with Gasteiger partial charge < -0.3 is 10.1 Å². The molecular formula is C21H13BrF3N5O4. The first kappa shape index (κ1) is 23.2. The van der Waals surface area contributed by atoms with Crippen molar-refractivity contribution in [3.8, 4) is 17.0 Å². The van der Waals surface area contributed by atoms with Crippen molar-refractivity contribution in [1.29, 1.82) is 0 Å². The Hall–Kier alpha value is -4.00. The molecule has 0 saturated heterocycles. The van der Waals surface area contributed by atoms with Crippen LogP contribution in [0.25, 0.3) is 16.9 Å². The van der Waals surface area contributed by atoms with Crippen LogP contribution in [0.15, 0.2) is 59.2 Å². The van der Waals surface area contributed by atoms with Gasteiger partial charge in [-0.25, -0.2) is 9.50 Å². The first-order valence-electron chi connectivity index (χ1n) is 9.43. The Labute approximate surface area is 197 Å². The summed E-state index contributed by atoms with van der Waals surface area (Å²) in [6.07, 6.45) is -3.83. The summed E-state index contributed by atoms with van der Waals surface area (Å²) in [5.41, 5.74) is -1.66. The number of nitrogens with zero attached hydrogens (tertiary/aromatic N) is 4. The molecule has 2 aromatic carbocycles. The third-order valence-electron chi connectivity index (χ3n) is 4.74. The molecule has 0 aliphatic rings. The number of nitro groups is 1. The van der Waals surface area contributed by atoms with E-state index in [4.69, 9.17) is 4.74 Å². The Balaban J connectivity index is 1.81. The number of benzene rings is 2. The van der Waals surface area contributed by atoms with Gasteiger partial charge in [-0.3, -0.25) is 14.9 Å². The number of alkyl halides is 3. The molecule has 174 valence electrons. The van der Waals surface area contributed by atoms with E-state index >= 15 is 0 Å². The second-order valence-electron chi connectivity index (χ2n) is 6.96. The summed E-state index contributed by atoms with van der Waals surface area (Å²) in [4.78, 5) is 27.6. The molecule has 2 heterocycles. The van der Waals surface area contributed by atoms with Gasteiger partial charge in [-0.1, -0.05) is 28.1 Å². The smallest absolute Gasteiger partial charge is 0.433 e. The number of non-ortho nitro benzene ring substituents is 1. The van der Waals surface area contributed by atoms with E-state index in [0.29, 0.717) is 10.1 Å². The van der Waals surface area contributed by atoms with Crippen molar-refractivity contribution < 1.29 is 27.6 Å². The number of amides is 1. The molecule has 13 heteroatoms. The molecular weight excluding hydrogens is 523 g/mol. The number of methoxy groups -OCH3 is 1. The van der Waals surface area contributed by atoms with E-state index in [2.05, 4.69) is 31.3 Å². The molecule has 0 fully saturated rings. The van der Waals surface area contributed by atoms with Crippen LogP contribution in [0.5, 0.6) is 5.75 Å². The molecule has 1 amide bonds. The fraction of sp³-hybridized carbons (Fsp3) is 0.0952. The van der Waals surface area contributed by atoms with Crippen molar-refractivity contribution in [2.45, 2.75) is 6.18 Å². The van der Waals surface area contributed by atoms with Gasteiger partial charge in [-0.2, -0.15) is 18.3 Å². The summed E-state index contributed by atoms with van der Waals surface area (Å²) >= 11 is 3.27. The predicted octanol–water partition coefficient (Wildman–Crippen LogP) is 5.35. The summed E-state index contributed by atoms with van der Waals surface area (Å²) < 4.78 is 47.6. The van der Waals surface area contributed by atoms with Gasteiger partial charge in [0, 0.05) is 22.2 Å². The zero-order chi connectivity index (χ0) is 24.6. The number of anilines is 1. The van der Waals surface area contributed by atoms with Gasteiger partial charge in [0.1, 0.15) is 11.3 Å². The maximum Gasteiger partial charge on any atom is 0.433 e. The monoisotopic (exact) mass is 535 g/mol. The maximum atomic E-state index is 13.8. The normalized spacial score (nSPS) is 11.4. The zero-order valence-corrected chi connectivity index (χ0v) is 18.7. The summed E-state index contributed by atoms with van der Waals surface area (Å²) in [6.45, 7) is 0. The third kappa shape index (κ3) is 4.55. The van der Waals surface area contributed by atoms with E-state index in [1.807, 2.05) is 0 Å². The van der Waals surface area contributed by atoms with Crippen LogP contribution in [0.3, 0.4) is 0 Å². The highest BCUT2D eigenvalue weighted by molar-refractivity contribution is 9.10. The number of hydrogen-bond acceptors (Lipinski definition) is 6. The Morgan fingerprint density at radius 2 is 1.88 bits per heavy atom. The van der Waals surface area contributed by atoms with E-state index in [9.17, 15) is 28.1 Å². The SMILES string of the molecule is COc1cc(NC(=O)c2cnn3c(C(F)(F)F)cc(-c4ccc(Br)cc4)nc23)cc([N+](=O)[O-])c1. The molecule has 2 aromatic heterocycles. The van der Waals surface area contributed by atoms with Crippen molar-refractivity contribution in [2.75, 3.05) is 12.4 Å². The topological polar surface area (TPSA) is 112 Å². The molecule has 0 aliphatic carbocycles. The number of aromatic nitrogens is 3. The van der Waals surface area contributed by atoms with E-state index in [0.717, 1.165) is 28.9 Å². The Kier molecular flexibility index (Phi) is 5.96. The van der Waals surface area contributed by atoms with Crippen molar-refractivity contribution in [1.82, 2.24) is 14.6 Å². The molecule has 34 heavy (non-hydrogen) atoms. The minimum atomic E-state index is -4.78. The van der Waals surface area contributed by atoms with Crippen LogP contribution in [-0.2, 0) is 6.18 Å². The lowest BCUT2D eigenvalue weighted by Gasteiger charge is -2.12. The number of rotatable bonds is 5. The van der Waals surface area contributed by atoms with Crippen LogP contribution < -0.4 is 10.1 Å². The standard InChI is InChI=1S/C21H13BrF3N5O4/c1-34-15-7-13(6-14(8-15)30(32)33)27-20(31)16-10-26-29-18(21(23,24)25)9-17(28-19(16)29)11-2-4-12(22)5-3-11/h2-10H,1H3,(H,27,31). The van der Waals surface area contributed by atoms with Gasteiger partial charge >= 0.3 is 6.18 Å². The number of hydrogen-bond donors (Lipinski definition) is 1. The third-order valence-corrected chi connectivity index (χ3v) is 5.27. The van der Waals surface area contributed by atoms with Crippen LogP contribution in [0, 0.1) is 10.1 Å². The number of nitro benzene ring substituents is 1. The molecule has 0 unspecified atom stereocenters. The first-order chi connectivity index (χ1) is 16.1. The first-order valence-corrected chi connectivity index (χ1v) is 10.2. The van der Waals surface area contributed by atoms with Crippen LogP contribution in [0.4, 0.5) is 24.5 Å². The summed E-state index contributed by atoms with van der Waals surface area (Å²) in [5.74, 6) is -0.745. The lowest BCUT2D eigenvalue weighted by atomic mass is 10.1. The Morgan fingerprint density at radius 1 is 1.18 bits per heavy atom. The fourth-order valence-electron chi connectivity index (χ4n) is 3.17. The fourth-order valence-corrected chi connectivity index (χ4v) is 3.44. The van der Waals surface area contributed by atoms with Gasteiger partial charge in [0.05, 0.1) is 35.7 Å². The average Bonchev–Trinajstić information content (AvgIpc) is 3.22. The van der Waals surface area contributed by atoms with Gasteiger partial charge in [-0.05, 0) is 18.2 Å². The molecule has 9 nitrogen and oxygen atoms in total. The van der Waals surface area contributed by atoms with Crippen molar-refractivity contribution in [2.24, 2.45) is 0 Å². The molecule has 0 bridgehead atoms. The molecule has 0 saturated carbocycles. The number of halogens is 4. The molecule has 4 rings (SSSR count). The molecule has 0 aliphatic heterocycles. The number of ether oxygens (including phenoxy) is 1. The number of carbonyl (C=O) groups excluding carboxylic acids is 1. The molecule has 1 N–H and O–H groups in total. The quantitative estimate of drug-likeness (QED) is 0.272. The van der Waals surface area contributed by atoms with Gasteiger partial charge in [-0.15, -0.1) is 0 Å². The summed E-state index contributed by atoms with van der Waals surface area (Å²) in [5, 5.41) is 17.3. The Bertz CT molecular complexity index is 1420. The number of fused-ring (bicyclic) bond motifs is 1. The maximum absolute atomic E-state index is 13.8. The van der Waals surface area contributed by atoms with Crippen molar-refractivity contribution >= 4 is 38.9 Å². The van der Waals surface area contributed by atoms with Gasteiger partial charge in [0.15, 0.2) is 11.3 Å². The van der Waals surface area contributed by atoms with Gasteiger partial charge in [0.25, 0.3) is 11.6 Å². The average molecular weight is 536 g/mol. The lowest BCUT2D eigenvalue weighted by Crippen LogP contribution is -2.16. The van der Waals surface area contributed by atoms with E-state index in [-0.39, 0.29) is 34.0 Å². The Morgan fingerprint density at radius 3 is 2.50 bits per heavy atom. The van der Waals surface area contributed by atoms with Crippen LogP contribution in [-0.4, -0.2) is 32.5 Å². The van der Waals surface area contributed by atoms with E-state index in [1.165, 1.54) is 13.2 Å². The molecule has 0 radical (unpaired) electrons. The lowest BCUT2D eigenvalue weighted by molar-refractivity contribution is -0.384. The molecule has 0 spiro atoms. The highest BCUT2D eigenvalue weighted by Gasteiger charge is 2.36. The minimum Gasteiger partial charge on any atom is -0.496 e. The largest absolute Gasteiger partial charge is 0.496 e. The van der Waals surface area contributed by atoms with E-state index < -0.39 is 22.7 Å². The van der Waals surface area contributed by atoms with Crippen LogP contribution >= 0.6 is 15.9 Å². The van der Waals surface area contributed by atoms with E-state index in [1.54, 1.807) is 24.3 Å². The highest BCUT2D eigenvalue weighted by atomic mass is 79.9. The van der Waals surface area contributed by atoms with Crippen LogP contribution in [0.1, 0.15) is 16.1 Å². The van der Waals surface area contributed by atoms with Crippen LogP contribution in [0.2, 0.25) is 0 Å². The van der Waals surface area contributed by atoms with Crippen molar-refractivity contribution in [3.05, 3.63) is 80.6 Å². The second-order valence-corrected chi connectivity index (χ2v) is 7.87. The number of nitrogens with one attached hydrogen (secondary N) is 1. The second kappa shape index (κ2) is 8.74. The number of carbonyl (C=O) groups is 1. The molecule has 4 aromatic rings. The summed E-state index contributed by atoms with van der Waals surface area (Å²) in [7, 11) is 1.29. The highest BCUT2D eigenvalue weighted by Crippen LogP contribution is 2.33.